The van der Waals surface area contributed by atoms with Crippen LogP contribution >= 0.6 is 0 Å². The topological polar surface area (TPSA) is 330 Å². The first kappa shape index (κ1) is 50.4. The number of aliphatic hydroxyl groups excluding tert-OH is 1. The molecule has 13 nitrogen and oxygen atoms in total. The van der Waals surface area contributed by atoms with E-state index in [1.54, 1.807) is 0 Å². The molecule has 22 heteroatoms. The molecule has 0 spiro atoms. The van der Waals surface area contributed by atoms with Gasteiger partial charge in [0.1, 0.15) is 5.75 Å². The molecular weight excluding hydrogens is 807 g/mol. The van der Waals surface area contributed by atoms with Gasteiger partial charge < -0.3 is 50.1 Å². The van der Waals surface area contributed by atoms with Gasteiger partial charge in [-0.25, -0.2) is 16.8 Å². The van der Waals surface area contributed by atoms with Crippen LogP contribution in [0.1, 0.15) is 56.1 Å². The van der Waals surface area contributed by atoms with Crippen LogP contribution in [0.3, 0.4) is 0 Å². The monoisotopic (exact) mass is 847 g/mol. The van der Waals surface area contributed by atoms with Gasteiger partial charge in [-0.2, -0.15) is 26.3 Å². The number of alkyl halides is 6. The van der Waals surface area contributed by atoms with Crippen molar-refractivity contribution in [3.05, 3.63) is 29.3 Å². The summed E-state index contributed by atoms with van der Waals surface area (Å²) in [6.45, 7) is 2.32. The van der Waals surface area contributed by atoms with Gasteiger partial charge in [-0.15, -0.1) is 0 Å². The van der Waals surface area contributed by atoms with Crippen LogP contribution < -0.4 is 30.8 Å². The number of aromatic hydroxyl groups is 1. The molecule has 1 aromatic rings. The number of phenolic OH excluding ortho intramolecular Hbond substituents is 1. The number of rotatable bonds is 0. The molecule has 5 atom stereocenters. The van der Waals surface area contributed by atoms with Gasteiger partial charge in [0.2, 0.25) is 0 Å². The number of aryl methyl sites for hydroxylation is 1. The summed E-state index contributed by atoms with van der Waals surface area (Å²) < 4.78 is 118. The predicted octanol–water partition coefficient (Wildman–Crippen LogP) is 4.52. The second-order valence-corrected chi connectivity index (χ2v) is 12.0. The SMILES string of the molecule is C[C@]12CC[C@@H]3c4ccc(O)cc4CC[C@H]3[C@@H]1CC[C@@H]2O.N.N.N.N.N.O=S(=O)([O-])C(F)(F)F.O=S(=O)([O-])C(F)(F)F.[Os+2]. The van der Waals surface area contributed by atoms with E-state index in [-0.39, 0.29) is 62.1 Å². The molecule has 0 heterocycles. The molecule has 3 aliphatic rings. The number of halogens is 6. The third kappa shape index (κ3) is 11.4. The Bertz CT molecular complexity index is 1140. The van der Waals surface area contributed by atoms with Crippen LogP contribution in [0.15, 0.2) is 18.2 Å². The summed E-state index contributed by atoms with van der Waals surface area (Å²) >= 11 is 0. The molecule has 254 valence electrons. The first-order chi connectivity index (χ1) is 16.1. The van der Waals surface area contributed by atoms with Crippen LogP contribution in [0.5, 0.6) is 5.75 Å². The number of aliphatic hydroxyl groups is 1. The Morgan fingerprint density at radius 3 is 1.67 bits per heavy atom. The molecule has 1 aromatic carbocycles. The third-order valence-electron chi connectivity index (χ3n) is 7.23. The molecule has 0 bridgehead atoms. The summed E-state index contributed by atoms with van der Waals surface area (Å²) in [7, 11) is -12.2. The normalized spacial score (nSPS) is 25.7. The van der Waals surface area contributed by atoms with Crippen LogP contribution in [0, 0.1) is 17.3 Å². The number of benzene rings is 1. The molecule has 0 unspecified atom stereocenters. The number of fused-ring (bicyclic) bond motifs is 5. The van der Waals surface area contributed by atoms with Gasteiger partial charge in [0, 0.05) is 0 Å². The van der Waals surface area contributed by atoms with Crippen LogP contribution in [0.25, 0.3) is 0 Å². The molecule has 2 fully saturated rings. The van der Waals surface area contributed by atoms with Crippen molar-refractivity contribution < 1.29 is 82.3 Å². The van der Waals surface area contributed by atoms with E-state index in [1.165, 1.54) is 30.4 Å². The van der Waals surface area contributed by atoms with Crippen molar-refractivity contribution in [1.29, 1.82) is 0 Å². The standard InChI is InChI=1S/C18H24O2.2CHF3O3S.5H3N.Os/c1-18-9-8-14-13-5-3-12(19)10-11(13)2-4-15(14)16(18)6-7-17(18)20;2*2-1(3,4)8(5,6)7;;;;;;/h3,5,10,14-17,19-20H,2,4,6-9H2,1H3;2*(H,5,6,7);5*1H3;/q;;;;;;;;+2/p-2/t14-,15-,16+,17+,18+;;;;;;;;/m1......../s1. The summed E-state index contributed by atoms with van der Waals surface area (Å²) in [5.41, 5.74) is -8.30. The average molecular weight is 846 g/mol. The fraction of sp³-hybridized carbons (Fsp3) is 0.700. The van der Waals surface area contributed by atoms with Crippen molar-refractivity contribution in [3.63, 3.8) is 0 Å². The van der Waals surface area contributed by atoms with E-state index >= 15 is 0 Å². The van der Waals surface area contributed by atoms with E-state index < -0.39 is 31.3 Å². The maximum atomic E-state index is 10.7. The molecular formula is C20H39F6N5O8OsS2. The Morgan fingerprint density at radius 1 is 0.833 bits per heavy atom. The molecule has 0 radical (unpaired) electrons. The Labute approximate surface area is 253 Å². The number of hydrogen-bond acceptors (Lipinski definition) is 13. The number of phenols is 1. The number of hydrogen-bond donors (Lipinski definition) is 7. The van der Waals surface area contributed by atoms with Crippen molar-refractivity contribution in [2.24, 2.45) is 17.3 Å². The van der Waals surface area contributed by atoms with Crippen LogP contribution in [-0.4, -0.2) is 53.3 Å². The van der Waals surface area contributed by atoms with Crippen molar-refractivity contribution in [1.82, 2.24) is 30.8 Å². The third-order valence-corrected chi connectivity index (χ3v) is 8.36. The van der Waals surface area contributed by atoms with E-state index in [0.29, 0.717) is 17.6 Å². The summed E-state index contributed by atoms with van der Waals surface area (Å²) in [5, 5.41) is 20.0. The van der Waals surface area contributed by atoms with Gasteiger partial charge in [0.05, 0.1) is 6.10 Å². The fourth-order valence-corrected chi connectivity index (χ4v) is 5.54. The van der Waals surface area contributed by atoms with E-state index in [1.807, 2.05) is 12.1 Å². The maximum Gasteiger partial charge on any atom is 2.00 e. The average Bonchev–Trinajstić information content (AvgIpc) is 3.00. The molecule has 0 aliphatic heterocycles. The summed E-state index contributed by atoms with van der Waals surface area (Å²) in [6.07, 6.45) is 6.78. The minimum Gasteiger partial charge on any atom is -0.741 e. The molecule has 4 rings (SSSR count). The Hall–Kier alpha value is -1.18. The van der Waals surface area contributed by atoms with Crippen LogP contribution in [0.2, 0.25) is 0 Å². The first-order valence-corrected chi connectivity index (χ1v) is 13.5. The van der Waals surface area contributed by atoms with Crippen molar-refractivity contribution in [3.8, 4) is 5.75 Å². The van der Waals surface area contributed by atoms with Crippen LogP contribution in [0.4, 0.5) is 26.3 Å². The minimum atomic E-state index is -6.09. The van der Waals surface area contributed by atoms with Gasteiger partial charge in [-0.1, -0.05) is 13.0 Å². The summed E-state index contributed by atoms with van der Waals surface area (Å²) in [4.78, 5) is 0. The minimum absolute atomic E-state index is 0. The van der Waals surface area contributed by atoms with Gasteiger partial charge in [0.15, 0.2) is 20.2 Å². The summed E-state index contributed by atoms with van der Waals surface area (Å²) in [6, 6.07) is 5.96. The first-order valence-electron chi connectivity index (χ1n) is 10.6. The second-order valence-electron chi connectivity index (χ2n) is 9.24. The molecule has 0 saturated heterocycles. The zero-order chi connectivity index (χ0) is 27.9. The Kier molecular flexibility index (Phi) is 20.8. The molecule has 42 heavy (non-hydrogen) atoms. The molecule has 3 aliphatic carbocycles. The Morgan fingerprint density at radius 2 is 1.26 bits per heavy atom. The smallest absolute Gasteiger partial charge is 0.741 e. The Balaban J connectivity index is -0.000000180. The molecule has 17 N–H and O–H groups in total. The molecule has 0 aromatic heterocycles. The molecule has 2 saturated carbocycles. The fourth-order valence-electron chi connectivity index (χ4n) is 5.54. The van der Waals surface area contributed by atoms with E-state index in [0.717, 1.165) is 25.2 Å². The quantitative estimate of drug-likeness (QED) is 0.107. The van der Waals surface area contributed by atoms with E-state index in [2.05, 4.69) is 13.0 Å². The van der Waals surface area contributed by atoms with Gasteiger partial charge in [-0.05, 0) is 85.0 Å². The summed E-state index contributed by atoms with van der Waals surface area (Å²) in [5.74, 6) is 2.49. The van der Waals surface area contributed by atoms with Crippen LogP contribution in [-0.2, 0) is 46.4 Å². The maximum absolute atomic E-state index is 10.7. The van der Waals surface area contributed by atoms with Gasteiger partial charge in [-0.3, -0.25) is 0 Å². The second kappa shape index (κ2) is 17.3. The van der Waals surface area contributed by atoms with Crippen molar-refractivity contribution in [2.75, 3.05) is 0 Å². The van der Waals surface area contributed by atoms with Crippen molar-refractivity contribution in [2.45, 2.75) is 68.5 Å². The molecule has 0 amide bonds. The van der Waals surface area contributed by atoms with E-state index in [9.17, 15) is 36.6 Å². The largest absolute Gasteiger partial charge is 2.00 e. The van der Waals surface area contributed by atoms with Gasteiger partial charge >= 0.3 is 30.8 Å². The van der Waals surface area contributed by atoms with Gasteiger partial charge in [0.25, 0.3) is 0 Å². The zero-order valence-electron chi connectivity index (χ0n) is 22.6. The predicted molar refractivity (Wildman–Crippen MR) is 135 cm³/mol. The zero-order valence-corrected chi connectivity index (χ0v) is 26.8. The van der Waals surface area contributed by atoms with Crippen molar-refractivity contribution >= 4 is 20.2 Å². The van der Waals surface area contributed by atoms with E-state index in [4.69, 9.17) is 25.9 Å².